The maximum Gasteiger partial charge on any atom is 0.329 e. The molecule has 6 heteroatoms. The van der Waals surface area contributed by atoms with Crippen LogP contribution in [0.25, 0.3) is 0 Å². The fourth-order valence-electron chi connectivity index (χ4n) is 1.71. The summed E-state index contributed by atoms with van der Waals surface area (Å²) in [6, 6.07) is 7.18. The molecule has 0 spiro atoms. The average Bonchev–Trinajstić information content (AvgIpc) is 2.38. The Morgan fingerprint density at radius 3 is 2.60 bits per heavy atom. The van der Waals surface area contributed by atoms with Crippen LogP contribution in [0.2, 0.25) is 5.02 Å². The van der Waals surface area contributed by atoms with Gasteiger partial charge in [0.2, 0.25) is 5.91 Å². The zero-order valence-corrected chi connectivity index (χ0v) is 12.2. The van der Waals surface area contributed by atoms with Crippen molar-refractivity contribution in [1.82, 2.24) is 5.32 Å². The molecular formula is C14H18ClNO4. The topological polar surface area (TPSA) is 75.6 Å². The van der Waals surface area contributed by atoms with Gasteiger partial charge in [0.15, 0.2) is 0 Å². The lowest BCUT2D eigenvalue weighted by Gasteiger charge is -2.25. The lowest BCUT2D eigenvalue weighted by molar-refractivity contribution is -0.142. The number of hydrogen-bond acceptors (Lipinski definition) is 3. The Kier molecular flexibility index (Phi) is 5.98. The monoisotopic (exact) mass is 299 g/mol. The van der Waals surface area contributed by atoms with Gasteiger partial charge in [-0.3, -0.25) is 4.79 Å². The summed E-state index contributed by atoms with van der Waals surface area (Å²) >= 11 is 6.10. The van der Waals surface area contributed by atoms with Crippen molar-refractivity contribution in [3.8, 4) is 0 Å². The van der Waals surface area contributed by atoms with Crippen molar-refractivity contribution < 1.29 is 19.4 Å². The molecule has 0 aromatic heterocycles. The summed E-state index contributed by atoms with van der Waals surface area (Å²) in [5.41, 5.74) is -0.0314. The standard InChI is InChI=1S/C14H18ClNO4/c1-14(2,10-5-3-4-6-11(10)15)13(19)16-7-8-20-9-12(17)18/h3-6H,7-9H2,1-2H3,(H,16,19)(H,17,18). The second-order valence-electron chi connectivity index (χ2n) is 4.81. The summed E-state index contributed by atoms with van der Waals surface area (Å²) in [6.07, 6.45) is 0. The van der Waals surface area contributed by atoms with Gasteiger partial charge >= 0.3 is 5.97 Å². The molecule has 1 amide bonds. The number of carboxylic acids is 1. The quantitative estimate of drug-likeness (QED) is 0.753. The van der Waals surface area contributed by atoms with E-state index in [-0.39, 0.29) is 25.7 Å². The fourth-order valence-corrected chi connectivity index (χ4v) is 2.08. The highest BCUT2D eigenvalue weighted by Crippen LogP contribution is 2.29. The number of aliphatic carboxylic acids is 1. The lowest BCUT2D eigenvalue weighted by Crippen LogP contribution is -2.41. The number of nitrogens with one attached hydrogen (secondary N) is 1. The molecule has 0 radical (unpaired) electrons. The summed E-state index contributed by atoms with van der Waals surface area (Å²) in [5.74, 6) is -1.22. The minimum Gasteiger partial charge on any atom is -0.480 e. The van der Waals surface area contributed by atoms with E-state index in [2.05, 4.69) is 5.32 Å². The van der Waals surface area contributed by atoms with E-state index in [0.717, 1.165) is 5.56 Å². The van der Waals surface area contributed by atoms with Crippen LogP contribution in [0.4, 0.5) is 0 Å². The summed E-state index contributed by atoms with van der Waals surface area (Å²) in [5, 5.41) is 11.6. The Labute approximate surface area is 122 Å². The molecule has 5 nitrogen and oxygen atoms in total. The second kappa shape index (κ2) is 7.26. The summed E-state index contributed by atoms with van der Waals surface area (Å²) in [6.45, 7) is 3.59. The first-order valence-electron chi connectivity index (χ1n) is 6.18. The Hall–Kier alpha value is -1.59. The Morgan fingerprint density at radius 2 is 2.00 bits per heavy atom. The van der Waals surface area contributed by atoms with Crippen LogP contribution >= 0.6 is 11.6 Å². The van der Waals surface area contributed by atoms with Crippen molar-refractivity contribution in [3.63, 3.8) is 0 Å². The third kappa shape index (κ3) is 4.51. The number of halogens is 1. The van der Waals surface area contributed by atoms with Gasteiger partial charge in [0, 0.05) is 11.6 Å². The van der Waals surface area contributed by atoms with Crippen molar-refractivity contribution in [1.29, 1.82) is 0 Å². The van der Waals surface area contributed by atoms with E-state index in [4.69, 9.17) is 21.4 Å². The summed E-state index contributed by atoms with van der Waals surface area (Å²) in [4.78, 5) is 22.4. The molecule has 110 valence electrons. The van der Waals surface area contributed by atoms with Gasteiger partial charge in [-0.1, -0.05) is 29.8 Å². The molecule has 0 bridgehead atoms. The average molecular weight is 300 g/mol. The fraction of sp³-hybridized carbons (Fsp3) is 0.429. The minimum atomic E-state index is -1.03. The molecule has 0 unspecified atom stereocenters. The van der Waals surface area contributed by atoms with Crippen LogP contribution in [0, 0.1) is 0 Å². The van der Waals surface area contributed by atoms with Crippen molar-refractivity contribution in [3.05, 3.63) is 34.9 Å². The highest BCUT2D eigenvalue weighted by molar-refractivity contribution is 6.31. The molecular weight excluding hydrogens is 282 g/mol. The highest BCUT2D eigenvalue weighted by Gasteiger charge is 2.31. The summed E-state index contributed by atoms with van der Waals surface area (Å²) < 4.78 is 4.85. The maximum atomic E-state index is 12.2. The van der Waals surface area contributed by atoms with Gasteiger partial charge in [-0.2, -0.15) is 0 Å². The van der Waals surface area contributed by atoms with Crippen LogP contribution in [0.5, 0.6) is 0 Å². The van der Waals surface area contributed by atoms with Crippen LogP contribution in [0.3, 0.4) is 0 Å². The van der Waals surface area contributed by atoms with Crippen LogP contribution in [0.1, 0.15) is 19.4 Å². The predicted molar refractivity (Wildman–Crippen MR) is 75.9 cm³/mol. The first-order valence-corrected chi connectivity index (χ1v) is 6.56. The Morgan fingerprint density at radius 1 is 1.35 bits per heavy atom. The van der Waals surface area contributed by atoms with E-state index < -0.39 is 11.4 Å². The Bertz CT molecular complexity index is 488. The van der Waals surface area contributed by atoms with Crippen LogP contribution in [-0.4, -0.2) is 36.7 Å². The van der Waals surface area contributed by atoms with Crippen molar-refractivity contribution in [2.75, 3.05) is 19.8 Å². The highest BCUT2D eigenvalue weighted by atomic mass is 35.5. The summed E-state index contributed by atoms with van der Waals surface area (Å²) in [7, 11) is 0. The lowest BCUT2D eigenvalue weighted by atomic mass is 9.83. The smallest absolute Gasteiger partial charge is 0.329 e. The van der Waals surface area contributed by atoms with Crippen LogP contribution < -0.4 is 5.32 Å². The second-order valence-corrected chi connectivity index (χ2v) is 5.21. The van der Waals surface area contributed by atoms with Gasteiger partial charge < -0.3 is 15.2 Å². The van der Waals surface area contributed by atoms with Gasteiger partial charge in [0.05, 0.1) is 12.0 Å². The van der Waals surface area contributed by atoms with E-state index in [0.29, 0.717) is 5.02 Å². The number of benzene rings is 1. The maximum absolute atomic E-state index is 12.2. The molecule has 0 fully saturated rings. The molecule has 0 aliphatic carbocycles. The van der Waals surface area contributed by atoms with Crippen molar-refractivity contribution in [2.45, 2.75) is 19.3 Å². The van der Waals surface area contributed by atoms with E-state index in [9.17, 15) is 9.59 Å². The van der Waals surface area contributed by atoms with E-state index >= 15 is 0 Å². The first-order chi connectivity index (χ1) is 9.35. The van der Waals surface area contributed by atoms with Gasteiger partial charge in [0.1, 0.15) is 6.61 Å². The SMILES string of the molecule is CC(C)(C(=O)NCCOCC(=O)O)c1ccccc1Cl. The third-order valence-electron chi connectivity index (χ3n) is 2.87. The van der Waals surface area contributed by atoms with Crippen LogP contribution in [-0.2, 0) is 19.7 Å². The molecule has 0 heterocycles. The van der Waals surface area contributed by atoms with E-state index in [1.54, 1.807) is 26.0 Å². The molecule has 20 heavy (non-hydrogen) atoms. The van der Waals surface area contributed by atoms with Gasteiger partial charge in [-0.25, -0.2) is 4.79 Å². The number of amides is 1. The normalized spacial score (nSPS) is 11.2. The number of carboxylic acid groups (broad SMARTS) is 1. The molecule has 1 rings (SSSR count). The minimum absolute atomic E-state index is 0.149. The number of rotatable bonds is 7. The van der Waals surface area contributed by atoms with E-state index in [1.807, 2.05) is 12.1 Å². The molecule has 0 aliphatic rings. The zero-order valence-electron chi connectivity index (χ0n) is 11.5. The predicted octanol–water partition coefficient (Wildman–Crippen LogP) is 1.83. The molecule has 1 aromatic carbocycles. The molecule has 0 atom stereocenters. The molecule has 0 saturated heterocycles. The Balaban J connectivity index is 2.53. The zero-order chi connectivity index (χ0) is 15.2. The van der Waals surface area contributed by atoms with E-state index in [1.165, 1.54) is 0 Å². The number of carbonyl (C=O) groups excluding carboxylic acids is 1. The molecule has 2 N–H and O–H groups in total. The van der Waals surface area contributed by atoms with Crippen molar-refractivity contribution >= 4 is 23.5 Å². The molecule has 1 aromatic rings. The number of carbonyl (C=O) groups is 2. The first kappa shape index (κ1) is 16.5. The van der Waals surface area contributed by atoms with Crippen molar-refractivity contribution in [2.24, 2.45) is 0 Å². The van der Waals surface area contributed by atoms with Gasteiger partial charge in [-0.15, -0.1) is 0 Å². The number of hydrogen-bond donors (Lipinski definition) is 2. The molecule has 0 saturated carbocycles. The van der Waals surface area contributed by atoms with Crippen LogP contribution in [0.15, 0.2) is 24.3 Å². The largest absolute Gasteiger partial charge is 0.480 e. The van der Waals surface area contributed by atoms with Gasteiger partial charge in [-0.05, 0) is 25.5 Å². The molecule has 0 aliphatic heterocycles. The van der Waals surface area contributed by atoms with Gasteiger partial charge in [0.25, 0.3) is 0 Å². The third-order valence-corrected chi connectivity index (χ3v) is 3.20. The number of ether oxygens (including phenoxy) is 1.